The summed E-state index contributed by atoms with van der Waals surface area (Å²) in [6.07, 6.45) is -3.07. The van der Waals surface area contributed by atoms with E-state index in [9.17, 15) is 26.4 Å². The standard InChI is InChI=1S/C10H18O10S2/c1-5-17-9(11)7(19-21(3,13)14)8(10(12)18-6-2)20-22(4,15)16/h7-8H,5-6H2,1-4H3/t7-,8-/m1/s1. The topological polar surface area (TPSA) is 139 Å². The number of hydrogen-bond donors (Lipinski definition) is 0. The largest absolute Gasteiger partial charge is 0.464 e. The van der Waals surface area contributed by atoms with Crippen LogP contribution >= 0.6 is 0 Å². The lowest BCUT2D eigenvalue weighted by molar-refractivity contribution is -0.167. The maximum atomic E-state index is 11.8. The van der Waals surface area contributed by atoms with Crippen molar-refractivity contribution in [1.29, 1.82) is 0 Å². The van der Waals surface area contributed by atoms with E-state index >= 15 is 0 Å². The van der Waals surface area contributed by atoms with Crippen molar-refractivity contribution in [3.8, 4) is 0 Å². The van der Waals surface area contributed by atoms with Crippen LogP contribution in [0.25, 0.3) is 0 Å². The zero-order valence-corrected chi connectivity index (χ0v) is 14.1. The van der Waals surface area contributed by atoms with E-state index < -0.39 is 44.4 Å². The van der Waals surface area contributed by atoms with Crippen LogP contribution in [0, 0.1) is 0 Å². The predicted octanol–water partition coefficient (Wildman–Crippen LogP) is -1.20. The van der Waals surface area contributed by atoms with Crippen LogP contribution in [0.3, 0.4) is 0 Å². The highest BCUT2D eigenvalue weighted by atomic mass is 32.2. The average molecular weight is 362 g/mol. The highest BCUT2D eigenvalue weighted by Gasteiger charge is 2.42. The van der Waals surface area contributed by atoms with Crippen LogP contribution in [0.4, 0.5) is 0 Å². The first-order chi connectivity index (χ1) is 9.91. The predicted molar refractivity (Wildman–Crippen MR) is 72.7 cm³/mol. The molecular formula is C10H18O10S2. The molecule has 10 nitrogen and oxygen atoms in total. The van der Waals surface area contributed by atoms with Gasteiger partial charge in [-0.3, -0.25) is 8.37 Å². The van der Waals surface area contributed by atoms with Crippen molar-refractivity contribution >= 4 is 32.2 Å². The van der Waals surface area contributed by atoms with E-state index in [-0.39, 0.29) is 13.2 Å². The smallest absolute Gasteiger partial charge is 0.340 e. The molecule has 0 saturated heterocycles. The number of carbonyl (C=O) groups is 2. The van der Waals surface area contributed by atoms with E-state index in [1.54, 1.807) is 0 Å². The Balaban J connectivity index is 5.69. The summed E-state index contributed by atoms with van der Waals surface area (Å²) in [7, 11) is -8.44. The van der Waals surface area contributed by atoms with Gasteiger partial charge in [0.2, 0.25) is 12.2 Å². The lowest BCUT2D eigenvalue weighted by Gasteiger charge is -2.22. The van der Waals surface area contributed by atoms with Crippen molar-refractivity contribution in [2.75, 3.05) is 25.7 Å². The molecule has 0 fully saturated rings. The summed E-state index contributed by atoms with van der Waals surface area (Å²) >= 11 is 0. The molecule has 0 saturated carbocycles. The fourth-order valence-corrected chi connectivity index (χ4v) is 2.36. The molecule has 0 aliphatic rings. The molecule has 12 heteroatoms. The number of esters is 2. The number of carbonyl (C=O) groups excluding carboxylic acids is 2. The number of rotatable bonds is 9. The molecule has 22 heavy (non-hydrogen) atoms. The molecule has 0 spiro atoms. The molecule has 0 aromatic heterocycles. The summed E-state index contributed by atoms with van der Waals surface area (Å²) in [6, 6.07) is 0. The Bertz CT molecular complexity index is 537. The maximum Gasteiger partial charge on any atom is 0.340 e. The van der Waals surface area contributed by atoms with Crippen molar-refractivity contribution in [3.63, 3.8) is 0 Å². The first kappa shape index (κ1) is 20.8. The Kier molecular flexibility index (Phi) is 7.93. The molecule has 0 N–H and O–H groups in total. The lowest BCUT2D eigenvalue weighted by atomic mass is 10.2. The van der Waals surface area contributed by atoms with Gasteiger partial charge < -0.3 is 9.47 Å². The van der Waals surface area contributed by atoms with Gasteiger partial charge in [0.05, 0.1) is 25.7 Å². The zero-order chi connectivity index (χ0) is 17.6. The SMILES string of the molecule is CCOC(=O)[C@H](OS(C)(=O)=O)[C@@H](OS(C)(=O)=O)C(=O)OCC. The minimum atomic E-state index is -4.22. The highest BCUT2D eigenvalue weighted by Crippen LogP contribution is 2.14. The quantitative estimate of drug-likeness (QED) is 0.363. The van der Waals surface area contributed by atoms with Crippen molar-refractivity contribution < 1.29 is 44.3 Å². The molecule has 0 aromatic rings. The van der Waals surface area contributed by atoms with Gasteiger partial charge in [0.25, 0.3) is 20.2 Å². The van der Waals surface area contributed by atoms with Gasteiger partial charge in [-0.15, -0.1) is 0 Å². The Morgan fingerprint density at radius 2 is 1.05 bits per heavy atom. The van der Waals surface area contributed by atoms with Gasteiger partial charge in [-0.05, 0) is 13.8 Å². The molecule has 0 aromatic carbocycles. The Morgan fingerprint density at radius 3 is 1.23 bits per heavy atom. The molecule has 130 valence electrons. The van der Waals surface area contributed by atoms with E-state index in [1.165, 1.54) is 13.8 Å². The van der Waals surface area contributed by atoms with Gasteiger partial charge in [0.1, 0.15) is 0 Å². The first-order valence-electron chi connectivity index (χ1n) is 6.01. The molecule has 0 radical (unpaired) electrons. The van der Waals surface area contributed by atoms with E-state index in [2.05, 4.69) is 17.8 Å². The van der Waals surface area contributed by atoms with Crippen LogP contribution < -0.4 is 0 Å². The maximum absolute atomic E-state index is 11.8. The van der Waals surface area contributed by atoms with Crippen LogP contribution in [0.5, 0.6) is 0 Å². The van der Waals surface area contributed by atoms with Crippen molar-refractivity contribution in [2.24, 2.45) is 0 Å². The van der Waals surface area contributed by atoms with Crippen molar-refractivity contribution in [1.82, 2.24) is 0 Å². The normalized spacial score (nSPS) is 14.9. The molecule has 2 atom stereocenters. The number of ether oxygens (including phenoxy) is 2. The second kappa shape index (κ2) is 8.41. The Morgan fingerprint density at radius 1 is 0.773 bits per heavy atom. The third-order valence-electron chi connectivity index (χ3n) is 1.87. The van der Waals surface area contributed by atoms with Crippen molar-refractivity contribution in [3.05, 3.63) is 0 Å². The van der Waals surface area contributed by atoms with Gasteiger partial charge in [-0.1, -0.05) is 0 Å². The molecule has 0 aliphatic carbocycles. The summed E-state index contributed by atoms with van der Waals surface area (Å²) < 4.78 is 62.9. The van der Waals surface area contributed by atoms with E-state index in [0.29, 0.717) is 12.5 Å². The van der Waals surface area contributed by atoms with Gasteiger partial charge in [-0.25, -0.2) is 9.59 Å². The summed E-state index contributed by atoms with van der Waals surface area (Å²) in [4.78, 5) is 23.5. The van der Waals surface area contributed by atoms with Gasteiger partial charge in [0, 0.05) is 0 Å². The third kappa shape index (κ3) is 8.26. The lowest BCUT2D eigenvalue weighted by Crippen LogP contribution is -2.47. The summed E-state index contributed by atoms with van der Waals surface area (Å²) in [5.74, 6) is -2.57. The second-order valence-corrected chi connectivity index (χ2v) is 7.15. The first-order valence-corrected chi connectivity index (χ1v) is 9.64. The van der Waals surface area contributed by atoms with E-state index in [1.807, 2.05) is 0 Å². The zero-order valence-electron chi connectivity index (χ0n) is 12.5. The van der Waals surface area contributed by atoms with E-state index in [4.69, 9.17) is 0 Å². The molecule has 0 aliphatic heterocycles. The molecule has 0 bridgehead atoms. The fraction of sp³-hybridized carbons (Fsp3) is 0.800. The number of hydrogen-bond acceptors (Lipinski definition) is 10. The Labute approximate surface area is 128 Å². The molecule has 0 amide bonds. The Hall–Kier alpha value is -1.24. The van der Waals surface area contributed by atoms with Gasteiger partial charge in [0.15, 0.2) is 0 Å². The monoisotopic (exact) mass is 362 g/mol. The molecule has 0 unspecified atom stereocenters. The molecular weight excluding hydrogens is 344 g/mol. The van der Waals surface area contributed by atoms with Crippen LogP contribution in [-0.2, 0) is 47.7 Å². The van der Waals surface area contributed by atoms with Gasteiger partial charge in [-0.2, -0.15) is 16.8 Å². The minimum Gasteiger partial charge on any atom is -0.464 e. The summed E-state index contributed by atoms with van der Waals surface area (Å²) in [6.45, 7) is 2.53. The minimum absolute atomic E-state index is 0.156. The fourth-order valence-electron chi connectivity index (χ4n) is 1.25. The second-order valence-electron chi connectivity index (χ2n) is 3.95. The van der Waals surface area contributed by atoms with Crippen LogP contribution in [0.2, 0.25) is 0 Å². The van der Waals surface area contributed by atoms with Crippen molar-refractivity contribution in [2.45, 2.75) is 26.1 Å². The van der Waals surface area contributed by atoms with E-state index in [0.717, 1.165) is 0 Å². The highest BCUT2D eigenvalue weighted by molar-refractivity contribution is 7.86. The van der Waals surface area contributed by atoms with Gasteiger partial charge >= 0.3 is 11.9 Å². The summed E-state index contributed by atoms with van der Waals surface area (Å²) in [5, 5.41) is 0. The van der Waals surface area contributed by atoms with Crippen LogP contribution in [-0.4, -0.2) is 66.7 Å². The van der Waals surface area contributed by atoms with Crippen LogP contribution in [0.15, 0.2) is 0 Å². The van der Waals surface area contributed by atoms with Crippen LogP contribution in [0.1, 0.15) is 13.8 Å². The molecule has 0 heterocycles. The molecule has 0 rings (SSSR count). The average Bonchev–Trinajstić information content (AvgIpc) is 2.31. The summed E-state index contributed by atoms with van der Waals surface area (Å²) in [5.41, 5.74) is 0. The third-order valence-corrected chi connectivity index (χ3v) is 2.98.